The van der Waals surface area contributed by atoms with E-state index in [4.69, 9.17) is 9.47 Å². The number of hydrogen-bond acceptors (Lipinski definition) is 5. The molecule has 28 heavy (non-hydrogen) atoms. The van der Waals surface area contributed by atoms with Crippen LogP contribution in [0.3, 0.4) is 0 Å². The first-order valence-corrected chi connectivity index (χ1v) is 11.8. The number of likely N-dealkylation sites (tertiary alicyclic amines) is 1. The zero-order valence-corrected chi connectivity index (χ0v) is 19.8. The summed E-state index contributed by atoms with van der Waals surface area (Å²) in [6.45, 7) is 15.8. The second-order valence-corrected chi connectivity index (χ2v) is 11.7. The number of carbonyl (C=O) groups is 1. The highest BCUT2D eigenvalue weighted by Gasteiger charge is 2.30. The van der Waals surface area contributed by atoms with Crippen molar-refractivity contribution in [3.05, 3.63) is 0 Å². The van der Waals surface area contributed by atoms with E-state index in [0.717, 1.165) is 38.5 Å². The van der Waals surface area contributed by atoms with Gasteiger partial charge in [0.05, 0.1) is 18.7 Å². The van der Waals surface area contributed by atoms with Gasteiger partial charge in [0.15, 0.2) is 0 Å². The number of rotatable bonds is 10. The van der Waals surface area contributed by atoms with Crippen molar-refractivity contribution in [1.29, 1.82) is 0 Å². The van der Waals surface area contributed by atoms with E-state index in [1.807, 2.05) is 41.5 Å². The molecule has 1 N–H and O–H groups in total. The highest BCUT2D eigenvalue weighted by molar-refractivity contribution is 7.90. The second-order valence-electron chi connectivity index (χ2n) is 9.69. The Morgan fingerprint density at radius 1 is 1.21 bits per heavy atom. The lowest BCUT2D eigenvalue weighted by molar-refractivity contribution is 0.0206. The number of ether oxygens (including phenoxy) is 2. The lowest BCUT2D eigenvalue weighted by Crippen LogP contribution is -2.44. The molecule has 1 fully saturated rings. The fourth-order valence-corrected chi connectivity index (χ4v) is 3.93. The molecule has 1 aliphatic heterocycles. The standard InChI is InChI=1S/C21H42N2O4S/c1-8-11-17(22-28(25)21(5,6)7)12-9-10-15-26-18-13-14-23(16-18)19(24)27-20(2,3)4/h17-18,22H,8-16H2,1-7H3/t17?,18-,28?/m1/s1. The highest BCUT2D eigenvalue weighted by Crippen LogP contribution is 2.19. The SMILES string of the molecule is CCCC(CCCCO[C@@H]1CCN(C(=O)OC(C)(C)C)C1)N[S+]([O-])C(C)(C)C. The summed E-state index contributed by atoms with van der Waals surface area (Å²) in [7, 11) is 0. The molecule has 7 heteroatoms. The van der Waals surface area contributed by atoms with Crippen LogP contribution in [0.1, 0.15) is 87.0 Å². The van der Waals surface area contributed by atoms with E-state index in [1.54, 1.807) is 4.90 Å². The molecule has 1 aliphatic rings. The molecule has 0 spiro atoms. The topological polar surface area (TPSA) is 73.9 Å². The van der Waals surface area contributed by atoms with Crippen molar-refractivity contribution >= 4 is 17.5 Å². The number of nitrogens with zero attached hydrogens (tertiary/aromatic N) is 1. The van der Waals surface area contributed by atoms with Gasteiger partial charge in [0.1, 0.15) is 10.3 Å². The second kappa shape index (κ2) is 11.6. The van der Waals surface area contributed by atoms with Gasteiger partial charge in [-0.25, -0.2) is 4.79 Å². The van der Waals surface area contributed by atoms with Crippen molar-refractivity contribution in [3.8, 4) is 0 Å². The molecule has 0 bridgehead atoms. The van der Waals surface area contributed by atoms with Gasteiger partial charge < -0.3 is 18.9 Å². The maximum atomic E-state index is 12.3. The molecule has 0 aromatic rings. The maximum absolute atomic E-state index is 12.3. The van der Waals surface area contributed by atoms with E-state index >= 15 is 0 Å². The number of carbonyl (C=O) groups excluding carboxylic acids is 1. The molecular weight excluding hydrogens is 376 g/mol. The van der Waals surface area contributed by atoms with Crippen LogP contribution in [-0.4, -0.2) is 57.7 Å². The summed E-state index contributed by atoms with van der Waals surface area (Å²) in [6.07, 6.45) is 5.87. The Hall–Kier alpha value is -0.500. The Bertz CT molecular complexity index is 462. The quantitative estimate of drug-likeness (QED) is 0.420. The van der Waals surface area contributed by atoms with Crippen LogP contribution in [0.4, 0.5) is 4.79 Å². The molecular formula is C21H42N2O4S. The summed E-state index contributed by atoms with van der Waals surface area (Å²) in [5.41, 5.74) is -0.463. The molecule has 2 unspecified atom stereocenters. The summed E-state index contributed by atoms with van der Waals surface area (Å²) in [5.74, 6) is 0. The molecule has 0 aliphatic carbocycles. The van der Waals surface area contributed by atoms with Gasteiger partial charge in [-0.3, -0.25) is 0 Å². The Morgan fingerprint density at radius 2 is 1.89 bits per heavy atom. The normalized spacial score (nSPS) is 20.3. The molecule has 0 saturated carbocycles. The van der Waals surface area contributed by atoms with Crippen LogP contribution >= 0.6 is 0 Å². The Morgan fingerprint density at radius 3 is 2.46 bits per heavy atom. The van der Waals surface area contributed by atoms with Crippen LogP contribution in [-0.2, 0) is 20.8 Å². The molecule has 0 radical (unpaired) electrons. The highest BCUT2D eigenvalue weighted by atomic mass is 32.2. The van der Waals surface area contributed by atoms with Gasteiger partial charge in [-0.05, 0) is 73.6 Å². The van der Waals surface area contributed by atoms with E-state index in [0.29, 0.717) is 25.7 Å². The first-order chi connectivity index (χ1) is 12.9. The Kier molecular flexibility index (Phi) is 10.6. The molecule has 3 atom stereocenters. The minimum atomic E-state index is -1.02. The van der Waals surface area contributed by atoms with Crippen molar-refractivity contribution in [3.63, 3.8) is 0 Å². The molecule has 0 aromatic carbocycles. The fraction of sp³-hybridized carbons (Fsp3) is 0.952. The molecule has 1 saturated heterocycles. The maximum Gasteiger partial charge on any atom is 0.410 e. The van der Waals surface area contributed by atoms with Crippen LogP contribution < -0.4 is 4.72 Å². The van der Waals surface area contributed by atoms with Crippen LogP contribution in [0.15, 0.2) is 0 Å². The van der Waals surface area contributed by atoms with Crippen molar-refractivity contribution in [2.45, 2.75) is 109 Å². The third-order valence-electron chi connectivity index (χ3n) is 4.56. The third kappa shape index (κ3) is 10.3. The fourth-order valence-electron chi connectivity index (χ4n) is 3.04. The lowest BCUT2D eigenvalue weighted by atomic mass is 10.1. The minimum absolute atomic E-state index is 0.102. The molecule has 6 nitrogen and oxygen atoms in total. The van der Waals surface area contributed by atoms with Gasteiger partial charge in [0.25, 0.3) is 0 Å². The molecule has 1 rings (SSSR count). The van der Waals surface area contributed by atoms with Crippen molar-refractivity contribution in [2.24, 2.45) is 0 Å². The van der Waals surface area contributed by atoms with E-state index in [1.165, 1.54) is 0 Å². The van der Waals surface area contributed by atoms with Gasteiger partial charge in [0.2, 0.25) is 0 Å². The van der Waals surface area contributed by atoms with Crippen LogP contribution in [0.5, 0.6) is 0 Å². The van der Waals surface area contributed by atoms with Gasteiger partial charge in [-0.1, -0.05) is 13.3 Å². The Balaban J connectivity index is 2.23. The molecule has 166 valence electrons. The number of nitrogens with one attached hydrogen (secondary N) is 1. The van der Waals surface area contributed by atoms with Crippen molar-refractivity contribution in [2.75, 3.05) is 19.7 Å². The van der Waals surface area contributed by atoms with Gasteiger partial charge >= 0.3 is 6.09 Å². The minimum Gasteiger partial charge on any atom is -0.598 e. The third-order valence-corrected chi connectivity index (χ3v) is 6.22. The summed E-state index contributed by atoms with van der Waals surface area (Å²) in [5, 5.41) is 0. The molecule has 0 aromatic heterocycles. The largest absolute Gasteiger partial charge is 0.598 e. The van der Waals surface area contributed by atoms with Crippen molar-refractivity contribution in [1.82, 2.24) is 9.62 Å². The van der Waals surface area contributed by atoms with Crippen molar-refractivity contribution < 1.29 is 18.8 Å². The van der Waals surface area contributed by atoms with Gasteiger partial charge in [-0.15, -0.1) is 4.72 Å². The summed E-state index contributed by atoms with van der Waals surface area (Å²) < 4.78 is 26.8. The first kappa shape index (κ1) is 25.5. The molecule has 1 heterocycles. The van der Waals surface area contributed by atoms with Gasteiger partial charge in [-0.2, -0.15) is 0 Å². The summed E-state index contributed by atoms with van der Waals surface area (Å²) in [4.78, 5) is 13.8. The predicted molar refractivity (Wildman–Crippen MR) is 116 cm³/mol. The lowest BCUT2D eigenvalue weighted by Gasteiger charge is -2.28. The van der Waals surface area contributed by atoms with E-state index in [2.05, 4.69) is 11.6 Å². The number of hydrogen-bond donors (Lipinski definition) is 1. The van der Waals surface area contributed by atoms with Crippen LogP contribution in [0, 0.1) is 0 Å². The average molecular weight is 419 g/mol. The van der Waals surface area contributed by atoms with Gasteiger partial charge in [0, 0.05) is 24.5 Å². The average Bonchev–Trinajstić information content (AvgIpc) is 3.01. The predicted octanol–water partition coefficient (Wildman–Crippen LogP) is 4.40. The smallest absolute Gasteiger partial charge is 0.410 e. The zero-order chi connectivity index (χ0) is 21.4. The monoisotopic (exact) mass is 418 g/mol. The molecule has 1 amide bonds. The van der Waals surface area contributed by atoms with E-state index < -0.39 is 17.0 Å². The van der Waals surface area contributed by atoms with E-state index in [-0.39, 0.29) is 16.9 Å². The first-order valence-electron chi connectivity index (χ1n) is 10.7. The zero-order valence-electron chi connectivity index (χ0n) is 19.0. The summed E-state index contributed by atoms with van der Waals surface area (Å²) >= 11 is -1.02. The summed E-state index contributed by atoms with van der Waals surface area (Å²) in [6, 6.07) is 0.291. The number of unbranched alkanes of at least 4 members (excludes halogenated alkanes) is 1. The van der Waals surface area contributed by atoms with Crippen LogP contribution in [0.2, 0.25) is 0 Å². The number of amides is 1. The Labute approximate surface area is 175 Å². The van der Waals surface area contributed by atoms with Crippen LogP contribution in [0.25, 0.3) is 0 Å². The van der Waals surface area contributed by atoms with E-state index in [9.17, 15) is 9.35 Å².